The number of piperazine rings is 1. The largest absolute Gasteiger partial charge is 0.478 e. The maximum Gasteiger partial charge on any atom is 0.335 e. The molecule has 1 aromatic heterocycles. The highest BCUT2D eigenvalue weighted by atomic mass is 16.4. The van der Waals surface area contributed by atoms with E-state index in [1.54, 1.807) is 12.1 Å². The Morgan fingerprint density at radius 1 is 1.29 bits per heavy atom. The molecule has 0 amide bonds. The van der Waals surface area contributed by atoms with Gasteiger partial charge in [-0.25, -0.2) is 4.79 Å². The lowest BCUT2D eigenvalue weighted by atomic mass is 10.1. The van der Waals surface area contributed by atoms with Crippen LogP contribution in [-0.2, 0) is 6.42 Å². The second kappa shape index (κ2) is 7.36. The molecule has 0 aliphatic carbocycles. The lowest BCUT2D eigenvalue weighted by molar-refractivity contribution is 0.0697. The number of rotatable bonds is 6. The Labute approximate surface area is 143 Å². The molecule has 0 saturated carbocycles. The Morgan fingerprint density at radius 2 is 2.04 bits per heavy atom. The predicted molar refractivity (Wildman–Crippen MR) is 96.9 cm³/mol. The first kappa shape index (κ1) is 17.0. The number of fused-ring (bicyclic) bond motifs is 1. The van der Waals surface area contributed by atoms with Gasteiger partial charge in [0.2, 0.25) is 0 Å². The van der Waals surface area contributed by atoms with Crippen LogP contribution in [0.3, 0.4) is 0 Å². The number of carboxylic acid groups (broad SMARTS) is 1. The van der Waals surface area contributed by atoms with Gasteiger partial charge in [-0.05, 0) is 50.9 Å². The summed E-state index contributed by atoms with van der Waals surface area (Å²) in [4.78, 5) is 13.8. The third kappa shape index (κ3) is 3.62. The van der Waals surface area contributed by atoms with Gasteiger partial charge in [-0.15, -0.1) is 0 Å². The lowest BCUT2D eigenvalue weighted by Crippen LogP contribution is -2.43. The molecule has 1 aliphatic rings. The summed E-state index contributed by atoms with van der Waals surface area (Å²) in [6.07, 6.45) is 4.38. The Morgan fingerprint density at radius 3 is 2.71 bits per heavy atom. The van der Waals surface area contributed by atoms with Crippen LogP contribution in [0.5, 0.6) is 0 Å². The molecule has 2 aromatic rings. The van der Waals surface area contributed by atoms with Gasteiger partial charge in [0.25, 0.3) is 0 Å². The molecule has 2 N–H and O–H groups in total. The van der Waals surface area contributed by atoms with Crippen molar-refractivity contribution < 1.29 is 9.90 Å². The van der Waals surface area contributed by atoms with Gasteiger partial charge in [-0.2, -0.15) is 0 Å². The molecule has 130 valence electrons. The molecular weight excluding hydrogens is 302 g/mol. The fourth-order valence-corrected chi connectivity index (χ4v) is 3.51. The number of aromatic carboxylic acids is 1. The minimum Gasteiger partial charge on any atom is -0.478 e. The monoisotopic (exact) mass is 329 g/mol. The summed E-state index contributed by atoms with van der Waals surface area (Å²) < 4.78 is 2.20. The number of benzene rings is 1. The number of nitrogens with zero attached hydrogens (tertiary/aromatic N) is 2. The molecular formula is C19H27N3O2. The van der Waals surface area contributed by atoms with Crippen molar-refractivity contribution in [2.75, 3.05) is 32.7 Å². The highest BCUT2D eigenvalue weighted by Gasteiger charge is 2.14. The molecule has 1 fully saturated rings. The van der Waals surface area contributed by atoms with Gasteiger partial charge in [0.15, 0.2) is 0 Å². The first-order valence-electron chi connectivity index (χ1n) is 8.86. The van der Waals surface area contributed by atoms with E-state index < -0.39 is 5.97 Å². The summed E-state index contributed by atoms with van der Waals surface area (Å²) in [5.41, 5.74) is 2.71. The van der Waals surface area contributed by atoms with Crippen LogP contribution in [0, 0.1) is 0 Å². The molecule has 5 nitrogen and oxygen atoms in total. The molecule has 0 atom stereocenters. The van der Waals surface area contributed by atoms with Crippen molar-refractivity contribution in [1.29, 1.82) is 0 Å². The molecule has 0 spiro atoms. The van der Waals surface area contributed by atoms with E-state index in [-0.39, 0.29) is 0 Å². The minimum atomic E-state index is -0.867. The average Bonchev–Trinajstić information content (AvgIpc) is 2.94. The Hall–Kier alpha value is -1.85. The van der Waals surface area contributed by atoms with Gasteiger partial charge in [-0.3, -0.25) is 0 Å². The van der Waals surface area contributed by atoms with Gasteiger partial charge in [0.05, 0.1) is 5.56 Å². The standard InChI is InChI=1S/C19H27N3O2/c1-14(2)22-13-16(4-3-9-21-10-7-20-8-11-21)17-6-5-15(19(23)24)12-18(17)22/h5-6,12-14,20H,3-4,7-11H2,1-2H3,(H,23,24). The molecule has 1 aliphatic heterocycles. The van der Waals surface area contributed by atoms with E-state index in [9.17, 15) is 9.90 Å². The first-order valence-corrected chi connectivity index (χ1v) is 8.86. The normalized spacial score (nSPS) is 16.1. The SMILES string of the molecule is CC(C)n1cc(CCCN2CCNCC2)c2ccc(C(=O)O)cc21. The molecule has 0 bridgehead atoms. The summed E-state index contributed by atoms with van der Waals surface area (Å²) in [6.45, 7) is 9.85. The van der Waals surface area contributed by atoms with Crippen LogP contribution in [-0.4, -0.2) is 53.3 Å². The summed E-state index contributed by atoms with van der Waals surface area (Å²) in [7, 11) is 0. The number of aromatic nitrogens is 1. The van der Waals surface area contributed by atoms with Crippen molar-refractivity contribution >= 4 is 16.9 Å². The number of carboxylic acids is 1. The molecule has 2 heterocycles. The van der Waals surface area contributed by atoms with Crippen molar-refractivity contribution in [3.05, 3.63) is 35.5 Å². The molecule has 1 saturated heterocycles. The second-order valence-corrected chi connectivity index (χ2v) is 6.89. The quantitative estimate of drug-likeness (QED) is 0.856. The van der Waals surface area contributed by atoms with Crippen LogP contribution in [0.15, 0.2) is 24.4 Å². The number of aryl methyl sites for hydroxylation is 1. The maximum atomic E-state index is 11.3. The lowest BCUT2D eigenvalue weighted by Gasteiger charge is -2.26. The van der Waals surface area contributed by atoms with Crippen LogP contribution in [0.25, 0.3) is 10.9 Å². The Kier molecular flexibility index (Phi) is 5.21. The van der Waals surface area contributed by atoms with E-state index in [1.807, 2.05) is 6.07 Å². The van der Waals surface area contributed by atoms with Gasteiger partial charge < -0.3 is 19.9 Å². The molecule has 3 rings (SSSR count). The summed E-state index contributed by atoms with van der Waals surface area (Å²) in [5.74, 6) is -0.867. The van der Waals surface area contributed by atoms with Gasteiger partial charge in [-0.1, -0.05) is 6.07 Å². The van der Waals surface area contributed by atoms with Crippen molar-refractivity contribution in [1.82, 2.24) is 14.8 Å². The van der Waals surface area contributed by atoms with Crippen LogP contribution >= 0.6 is 0 Å². The van der Waals surface area contributed by atoms with Gasteiger partial charge in [0, 0.05) is 49.3 Å². The third-order valence-corrected chi connectivity index (χ3v) is 4.85. The summed E-state index contributed by atoms with van der Waals surface area (Å²) >= 11 is 0. The summed E-state index contributed by atoms with van der Waals surface area (Å²) in [5, 5.41) is 13.8. The Balaban J connectivity index is 1.78. The molecule has 1 aromatic carbocycles. The molecule has 24 heavy (non-hydrogen) atoms. The van der Waals surface area contributed by atoms with Gasteiger partial charge in [0.1, 0.15) is 0 Å². The summed E-state index contributed by atoms with van der Waals surface area (Å²) in [6, 6.07) is 5.81. The van der Waals surface area contributed by atoms with Crippen LogP contribution in [0.4, 0.5) is 0 Å². The van der Waals surface area contributed by atoms with Crippen LogP contribution in [0.2, 0.25) is 0 Å². The zero-order valence-electron chi connectivity index (χ0n) is 14.6. The zero-order chi connectivity index (χ0) is 17.1. The fourth-order valence-electron chi connectivity index (χ4n) is 3.51. The van der Waals surface area contributed by atoms with E-state index in [4.69, 9.17) is 0 Å². The second-order valence-electron chi connectivity index (χ2n) is 6.89. The van der Waals surface area contributed by atoms with E-state index in [0.717, 1.165) is 51.1 Å². The first-order chi connectivity index (χ1) is 11.6. The van der Waals surface area contributed by atoms with E-state index in [2.05, 4.69) is 34.8 Å². The van der Waals surface area contributed by atoms with Crippen molar-refractivity contribution in [2.24, 2.45) is 0 Å². The van der Waals surface area contributed by atoms with E-state index in [1.165, 1.54) is 10.9 Å². The zero-order valence-corrected chi connectivity index (χ0v) is 14.6. The molecule has 0 unspecified atom stereocenters. The number of hydrogen-bond acceptors (Lipinski definition) is 3. The predicted octanol–water partition coefficient (Wildman–Crippen LogP) is 2.76. The molecule has 0 radical (unpaired) electrons. The number of nitrogens with one attached hydrogen (secondary N) is 1. The molecule has 5 heteroatoms. The maximum absolute atomic E-state index is 11.3. The number of hydrogen-bond donors (Lipinski definition) is 2. The van der Waals surface area contributed by atoms with Gasteiger partial charge >= 0.3 is 5.97 Å². The van der Waals surface area contributed by atoms with Crippen LogP contribution < -0.4 is 5.32 Å². The minimum absolute atomic E-state index is 0.318. The fraction of sp³-hybridized carbons (Fsp3) is 0.526. The highest BCUT2D eigenvalue weighted by molar-refractivity contribution is 5.94. The van der Waals surface area contributed by atoms with Crippen molar-refractivity contribution in [3.8, 4) is 0 Å². The van der Waals surface area contributed by atoms with Crippen molar-refractivity contribution in [3.63, 3.8) is 0 Å². The third-order valence-electron chi connectivity index (χ3n) is 4.85. The van der Waals surface area contributed by atoms with Crippen molar-refractivity contribution in [2.45, 2.75) is 32.7 Å². The van der Waals surface area contributed by atoms with E-state index >= 15 is 0 Å². The Bertz CT molecular complexity index is 715. The van der Waals surface area contributed by atoms with E-state index in [0.29, 0.717) is 11.6 Å². The number of carbonyl (C=O) groups is 1. The smallest absolute Gasteiger partial charge is 0.335 e. The topological polar surface area (TPSA) is 57.5 Å². The van der Waals surface area contributed by atoms with Crippen LogP contribution in [0.1, 0.15) is 42.2 Å². The average molecular weight is 329 g/mol. The highest BCUT2D eigenvalue weighted by Crippen LogP contribution is 2.27.